The first-order chi connectivity index (χ1) is 10.2. The van der Waals surface area contributed by atoms with E-state index in [1.54, 1.807) is 21.3 Å². The highest BCUT2D eigenvalue weighted by Gasteiger charge is 2.06. The molecule has 5 heteroatoms. The second-order valence-electron chi connectivity index (χ2n) is 4.38. The molecule has 0 saturated heterocycles. The normalized spacial score (nSPS) is 10.1. The molecule has 1 N–H and O–H groups in total. The number of hydrogen-bond donors (Lipinski definition) is 1. The molecule has 0 aliphatic carbocycles. The van der Waals surface area contributed by atoms with Crippen LogP contribution in [0.15, 0.2) is 40.9 Å². The van der Waals surface area contributed by atoms with Crippen LogP contribution in [0.4, 0.5) is 5.69 Å². The third kappa shape index (κ3) is 3.82. The molecule has 21 heavy (non-hydrogen) atoms. The minimum Gasteiger partial charge on any atom is -0.497 e. The van der Waals surface area contributed by atoms with E-state index >= 15 is 0 Å². The molecule has 0 radical (unpaired) electrons. The van der Waals surface area contributed by atoms with Gasteiger partial charge >= 0.3 is 0 Å². The van der Waals surface area contributed by atoms with Crippen LogP contribution < -0.4 is 19.5 Å². The van der Waals surface area contributed by atoms with Crippen LogP contribution >= 0.6 is 15.9 Å². The largest absolute Gasteiger partial charge is 0.497 e. The van der Waals surface area contributed by atoms with Gasteiger partial charge in [0.2, 0.25) is 0 Å². The maximum absolute atomic E-state index is 5.39. The minimum atomic E-state index is 0.659. The Bertz CT molecular complexity index is 616. The van der Waals surface area contributed by atoms with E-state index in [1.807, 2.05) is 36.4 Å². The molecular weight excluding hydrogens is 334 g/mol. The van der Waals surface area contributed by atoms with Crippen LogP contribution in [-0.4, -0.2) is 21.3 Å². The maximum Gasteiger partial charge on any atom is 0.133 e. The third-order valence-electron chi connectivity index (χ3n) is 3.13. The van der Waals surface area contributed by atoms with Crippen molar-refractivity contribution in [3.05, 3.63) is 46.4 Å². The molecule has 0 fully saturated rings. The summed E-state index contributed by atoms with van der Waals surface area (Å²) in [5, 5.41) is 3.36. The Kier molecular flexibility index (Phi) is 5.33. The number of nitrogens with one attached hydrogen (secondary N) is 1. The molecule has 2 aromatic carbocycles. The first kappa shape index (κ1) is 15.5. The van der Waals surface area contributed by atoms with E-state index in [1.165, 1.54) is 0 Å². The summed E-state index contributed by atoms with van der Waals surface area (Å²) >= 11 is 3.47. The van der Waals surface area contributed by atoms with Gasteiger partial charge in [0, 0.05) is 23.9 Å². The molecule has 0 atom stereocenters. The summed E-state index contributed by atoms with van der Waals surface area (Å²) in [7, 11) is 4.94. The fourth-order valence-corrected chi connectivity index (χ4v) is 2.51. The van der Waals surface area contributed by atoms with E-state index in [0.717, 1.165) is 33.0 Å². The predicted octanol–water partition coefficient (Wildman–Crippen LogP) is 4.09. The lowest BCUT2D eigenvalue weighted by Crippen LogP contribution is -2.02. The van der Waals surface area contributed by atoms with Crippen LogP contribution in [-0.2, 0) is 6.54 Å². The summed E-state index contributed by atoms with van der Waals surface area (Å²) in [6.07, 6.45) is 0. The highest BCUT2D eigenvalue weighted by Crippen LogP contribution is 2.29. The summed E-state index contributed by atoms with van der Waals surface area (Å²) < 4.78 is 16.7. The highest BCUT2D eigenvalue weighted by molar-refractivity contribution is 9.10. The van der Waals surface area contributed by atoms with E-state index < -0.39 is 0 Å². The summed E-state index contributed by atoms with van der Waals surface area (Å²) in [6, 6.07) is 11.7. The summed E-state index contributed by atoms with van der Waals surface area (Å²) in [5.41, 5.74) is 2.06. The number of halogens is 1. The van der Waals surface area contributed by atoms with Crippen LogP contribution in [0.1, 0.15) is 5.56 Å². The fraction of sp³-hybridized carbons (Fsp3) is 0.250. The molecule has 0 unspecified atom stereocenters. The fourth-order valence-electron chi connectivity index (χ4n) is 1.97. The SMILES string of the molecule is COc1ccc(CNc2ccc(OC)c(Br)c2)c(OC)c1. The molecule has 0 aliphatic rings. The molecule has 0 heterocycles. The van der Waals surface area contributed by atoms with Crippen molar-refractivity contribution in [1.82, 2.24) is 0 Å². The first-order valence-electron chi connectivity index (χ1n) is 6.46. The molecule has 0 spiro atoms. The van der Waals surface area contributed by atoms with Gasteiger partial charge < -0.3 is 19.5 Å². The molecule has 0 aromatic heterocycles. The second-order valence-corrected chi connectivity index (χ2v) is 5.23. The number of anilines is 1. The Labute approximate surface area is 133 Å². The van der Waals surface area contributed by atoms with Crippen molar-refractivity contribution in [2.75, 3.05) is 26.6 Å². The average Bonchev–Trinajstić information content (AvgIpc) is 2.52. The molecule has 2 rings (SSSR count). The smallest absolute Gasteiger partial charge is 0.133 e. The van der Waals surface area contributed by atoms with E-state index in [0.29, 0.717) is 6.54 Å². The van der Waals surface area contributed by atoms with Gasteiger partial charge in [0.25, 0.3) is 0 Å². The molecule has 0 amide bonds. The van der Waals surface area contributed by atoms with Gasteiger partial charge in [-0.25, -0.2) is 0 Å². The van der Waals surface area contributed by atoms with Crippen molar-refractivity contribution in [2.45, 2.75) is 6.54 Å². The van der Waals surface area contributed by atoms with Gasteiger partial charge in [-0.2, -0.15) is 0 Å². The number of hydrogen-bond acceptors (Lipinski definition) is 4. The van der Waals surface area contributed by atoms with Crippen molar-refractivity contribution in [3.63, 3.8) is 0 Å². The van der Waals surface area contributed by atoms with Gasteiger partial charge in [-0.1, -0.05) is 0 Å². The molecule has 112 valence electrons. The standard InChI is InChI=1S/C16H18BrNO3/c1-19-13-6-4-11(16(9-13)21-3)10-18-12-5-7-15(20-2)14(17)8-12/h4-9,18H,10H2,1-3H3. The van der Waals surface area contributed by atoms with Crippen molar-refractivity contribution in [2.24, 2.45) is 0 Å². The van der Waals surface area contributed by atoms with Crippen LogP contribution in [0.3, 0.4) is 0 Å². The van der Waals surface area contributed by atoms with E-state index in [9.17, 15) is 0 Å². The van der Waals surface area contributed by atoms with Crippen LogP contribution in [0.5, 0.6) is 17.2 Å². The summed E-state index contributed by atoms with van der Waals surface area (Å²) in [4.78, 5) is 0. The average molecular weight is 352 g/mol. The van der Waals surface area contributed by atoms with Crippen LogP contribution in [0.2, 0.25) is 0 Å². The lowest BCUT2D eigenvalue weighted by molar-refractivity contribution is 0.391. The number of methoxy groups -OCH3 is 3. The van der Waals surface area contributed by atoms with Gasteiger partial charge in [0.05, 0.1) is 25.8 Å². The summed E-state index contributed by atoms with van der Waals surface area (Å²) in [6.45, 7) is 0.659. The molecule has 0 bridgehead atoms. The molecule has 2 aromatic rings. The Hall–Kier alpha value is -1.88. The molecular formula is C16H18BrNO3. The second kappa shape index (κ2) is 7.22. The Morgan fingerprint density at radius 2 is 1.67 bits per heavy atom. The Morgan fingerprint density at radius 1 is 0.905 bits per heavy atom. The zero-order valence-electron chi connectivity index (χ0n) is 12.3. The van der Waals surface area contributed by atoms with Crippen molar-refractivity contribution in [1.29, 1.82) is 0 Å². The lowest BCUT2D eigenvalue weighted by atomic mass is 10.2. The van der Waals surface area contributed by atoms with Gasteiger partial charge in [-0.3, -0.25) is 0 Å². The Balaban J connectivity index is 2.10. The Morgan fingerprint density at radius 3 is 2.29 bits per heavy atom. The van der Waals surface area contributed by atoms with Crippen LogP contribution in [0, 0.1) is 0 Å². The van der Waals surface area contributed by atoms with Crippen molar-refractivity contribution in [3.8, 4) is 17.2 Å². The number of benzene rings is 2. The van der Waals surface area contributed by atoms with Gasteiger partial charge in [0.15, 0.2) is 0 Å². The van der Waals surface area contributed by atoms with Crippen molar-refractivity contribution >= 4 is 21.6 Å². The van der Waals surface area contributed by atoms with Gasteiger partial charge in [0.1, 0.15) is 17.2 Å². The van der Waals surface area contributed by atoms with Gasteiger partial charge in [-0.05, 0) is 46.3 Å². The molecule has 4 nitrogen and oxygen atoms in total. The topological polar surface area (TPSA) is 39.7 Å². The lowest BCUT2D eigenvalue weighted by Gasteiger charge is -2.13. The number of ether oxygens (including phenoxy) is 3. The maximum atomic E-state index is 5.39. The van der Waals surface area contributed by atoms with Crippen LogP contribution in [0.25, 0.3) is 0 Å². The molecule has 0 saturated carbocycles. The first-order valence-corrected chi connectivity index (χ1v) is 7.25. The zero-order valence-corrected chi connectivity index (χ0v) is 13.9. The highest BCUT2D eigenvalue weighted by atomic mass is 79.9. The molecule has 0 aliphatic heterocycles. The number of rotatable bonds is 6. The van der Waals surface area contributed by atoms with E-state index in [2.05, 4.69) is 21.2 Å². The third-order valence-corrected chi connectivity index (χ3v) is 3.75. The van der Waals surface area contributed by atoms with Crippen molar-refractivity contribution < 1.29 is 14.2 Å². The minimum absolute atomic E-state index is 0.659. The van der Waals surface area contributed by atoms with Gasteiger partial charge in [-0.15, -0.1) is 0 Å². The van der Waals surface area contributed by atoms with E-state index in [4.69, 9.17) is 14.2 Å². The van der Waals surface area contributed by atoms with E-state index in [-0.39, 0.29) is 0 Å². The predicted molar refractivity (Wildman–Crippen MR) is 87.6 cm³/mol. The zero-order chi connectivity index (χ0) is 15.2. The quantitative estimate of drug-likeness (QED) is 0.850. The summed E-state index contributed by atoms with van der Waals surface area (Å²) in [5.74, 6) is 2.39. The monoisotopic (exact) mass is 351 g/mol.